The number of benzene rings is 2. The zero-order valence-electron chi connectivity index (χ0n) is 16.4. The topological polar surface area (TPSA) is 122 Å². The molecule has 2 aromatic rings. The molecule has 0 fully saturated rings. The van der Waals surface area contributed by atoms with Gasteiger partial charge in [-0.05, 0) is 44.2 Å². The number of carboxylic acids is 1. The molecule has 9 nitrogen and oxygen atoms in total. The van der Waals surface area contributed by atoms with E-state index >= 15 is 0 Å². The van der Waals surface area contributed by atoms with Crippen molar-refractivity contribution in [2.45, 2.75) is 20.0 Å². The summed E-state index contributed by atoms with van der Waals surface area (Å²) in [5.74, 6) is -2.49. The number of hydrogen-bond acceptors (Lipinski definition) is 6. The number of fused-ring (bicyclic) bond motifs is 1. The molecule has 3 rings (SSSR count). The Bertz CT molecular complexity index is 1020. The number of esters is 1. The molecule has 2 aromatic carbocycles. The number of anilines is 2. The summed E-state index contributed by atoms with van der Waals surface area (Å²) in [5, 5.41) is 11.8. The van der Waals surface area contributed by atoms with Crippen LogP contribution in [0.2, 0.25) is 0 Å². The summed E-state index contributed by atoms with van der Waals surface area (Å²) in [6, 6.07) is 10.4. The van der Waals surface area contributed by atoms with Gasteiger partial charge in [-0.25, -0.2) is 9.59 Å². The number of rotatable bonds is 6. The summed E-state index contributed by atoms with van der Waals surface area (Å²) in [5.41, 5.74) is 0.747. The van der Waals surface area contributed by atoms with Crippen LogP contribution in [-0.4, -0.2) is 48.1 Å². The minimum Gasteiger partial charge on any atom is -0.479 e. The molecule has 0 aromatic heterocycles. The molecule has 156 valence electrons. The quantitative estimate of drug-likeness (QED) is 0.698. The summed E-state index contributed by atoms with van der Waals surface area (Å²) >= 11 is 0. The van der Waals surface area contributed by atoms with Crippen LogP contribution in [0.5, 0.6) is 5.75 Å². The number of nitrogens with zero attached hydrogens (tertiary/aromatic N) is 1. The van der Waals surface area contributed by atoms with Crippen LogP contribution in [0.4, 0.5) is 11.4 Å². The predicted octanol–water partition coefficient (Wildman–Crippen LogP) is 2.31. The number of para-hydroxylation sites is 1. The smallest absolute Gasteiger partial charge is 0.340 e. The van der Waals surface area contributed by atoms with Crippen molar-refractivity contribution in [3.8, 4) is 5.75 Å². The van der Waals surface area contributed by atoms with Gasteiger partial charge in [-0.3, -0.25) is 14.5 Å². The molecule has 2 amide bonds. The van der Waals surface area contributed by atoms with E-state index in [0.717, 1.165) is 0 Å². The highest BCUT2D eigenvalue weighted by atomic mass is 16.5. The molecular formula is C21H20N2O7. The summed E-state index contributed by atoms with van der Waals surface area (Å²) in [7, 11) is 0. The maximum absolute atomic E-state index is 12.7. The molecular weight excluding hydrogens is 392 g/mol. The molecule has 0 spiro atoms. The van der Waals surface area contributed by atoms with Gasteiger partial charge in [0, 0.05) is 0 Å². The number of hydrogen-bond donors (Lipinski definition) is 2. The molecule has 1 aliphatic heterocycles. The van der Waals surface area contributed by atoms with Crippen LogP contribution in [0.25, 0.3) is 0 Å². The van der Waals surface area contributed by atoms with Crippen molar-refractivity contribution in [3.05, 3.63) is 53.6 Å². The van der Waals surface area contributed by atoms with E-state index in [1.807, 2.05) is 0 Å². The normalized spacial score (nSPS) is 15.1. The maximum Gasteiger partial charge on any atom is 0.340 e. The van der Waals surface area contributed by atoms with Gasteiger partial charge >= 0.3 is 11.9 Å². The Labute approximate surface area is 172 Å². The molecule has 0 aliphatic carbocycles. The summed E-state index contributed by atoms with van der Waals surface area (Å²) in [6.45, 7) is 3.04. The van der Waals surface area contributed by atoms with Crippen molar-refractivity contribution in [1.82, 2.24) is 0 Å². The molecule has 1 atom stereocenters. The number of amides is 2. The second-order valence-electron chi connectivity index (χ2n) is 6.49. The number of carboxylic acid groups (broad SMARTS) is 1. The molecule has 2 N–H and O–H groups in total. The maximum atomic E-state index is 12.7. The van der Waals surface area contributed by atoms with Crippen LogP contribution in [0.1, 0.15) is 34.6 Å². The van der Waals surface area contributed by atoms with Crippen LogP contribution in [0, 0.1) is 0 Å². The summed E-state index contributed by atoms with van der Waals surface area (Å²) in [6.07, 6.45) is -0.888. The first kappa shape index (κ1) is 20.8. The predicted molar refractivity (Wildman–Crippen MR) is 107 cm³/mol. The van der Waals surface area contributed by atoms with Crippen LogP contribution in [-0.2, 0) is 14.3 Å². The first-order valence-corrected chi connectivity index (χ1v) is 9.23. The molecule has 0 radical (unpaired) electrons. The second-order valence-corrected chi connectivity index (χ2v) is 6.49. The molecule has 30 heavy (non-hydrogen) atoms. The minimum absolute atomic E-state index is 0.00284. The van der Waals surface area contributed by atoms with Crippen molar-refractivity contribution < 1.29 is 33.8 Å². The van der Waals surface area contributed by atoms with Gasteiger partial charge in [-0.2, -0.15) is 0 Å². The minimum atomic E-state index is -1.13. The molecule has 0 bridgehead atoms. The lowest BCUT2D eigenvalue weighted by molar-refractivity contribution is -0.127. The fourth-order valence-electron chi connectivity index (χ4n) is 3.02. The fourth-order valence-corrected chi connectivity index (χ4v) is 3.02. The third kappa shape index (κ3) is 4.24. The van der Waals surface area contributed by atoms with Crippen LogP contribution >= 0.6 is 0 Å². The lowest BCUT2D eigenvalue weighted by Gasteiger charge is -2.32. The van der Waals surface area contributed by atoms with Crippen molar-refractivity contribution in [2.75, 3.05) is 23.4 Å². The van der Waals surface area contributed by atoms with Gasteiger partial charge in [0.2, 0.25) is 5.91 Å². The first-order chi connectivity index (χ1) is 14.3. The van der Waals surface area contributed by atoms with E-state index in [1.165, 1.54) is 36.1 Å². The van der Waals surface area contributed by atoms with Gasteiger partial charge in [0.05, 0.1) is 29.1 Å². The van der Waals surface area contributed by atoms with Gasteiger partial charge < -0.3 is 19.9 Å². The largest absolute Gasteiger partial charge is 0.479 e. The Morgan fingerprint density at radius 2 is 1.93 bits per heavy atom. The van der Waals surface area contributed by atoms with Gasteiger partial charge in [-0.15, -0.1) is 0 Å². The summed E-state index contributed by atoms with van der Waals surface area (Å²) < 4.78 is 10.5. The van der Waals surface area contributed by atoms with Crippen molar-refractivity contribution in [1.29, 1.82) is 0 Å². The SMILES string of the molecule is CCOC(=O)c1ccccc1NC(=O)CN1C(=O)C(C)Oc2cc(C(=O)O)ccc21. The van der Waals surface area contributed by atoms with E-state index < -0.39 is 29.9 Å². The van der Waals surface area contributed by atoms with Crippen LogP contribution < -0.4 is 15.0 Å². The number of carbonyl (C=O) groups is 4. The lowest BCUT2D eigenvalue weighted by Crippen LogP contribution is -2.47. The Hall–Kier alpha value is -3.88. The van der Waals surface area contributed by atoms with Crippen molar-refractivity contribution in [3.63, 3.8) is 0 Å². The van der Waals surface area contributed by atoms with Crippen LogP contribution in [0.15, 0.2) is 42.5 Å². The van der Waals surface area contributed by atoms with E-state index in [4.69, 9.17) is 14.6 Å². The van der Waals surface area contributed by atoms with E-state index in [2.05, 4.69) is 5.32 Å². The lowest BCUT2D eigenvalue weighted by atomic mass is 10.1. The zero-order chi connectivity index (χ0) is 21.8. The van der Waals surface area contributed by atoms with Gasteiger partial charge in [0.1, 0.15) is 12.3 Å². The average molecular weight is 412 g/mol. The van der Waals surface area contributed by atoms with Crippen molar-refractivity contribution >= 4 is 35.1 Å². The molecule has 1 unspecified atom stereocenters. The fraction of sp³-hybridized carbons (Fsp3) is 0.238. The molecule has 1 aliphatic rings. The Morgan fingerprint density at radius 3 is 2.63 bits per heavy atom. The molecule has 1 heterocycles. The zero-order valence-corrected chi connectivity index (χ0v) is 16.4. The van der Waals surface area contributed by atoms with E-state index in [1.54, 1.807) is 25.1 Å². The monoisotopic (exact) mass is 412 g/mol. The summed E-state index contributed by atoms with van der Waals surface area (Å²) in [4.78, 5) is 49.7. The molecule has 0 saturated carbocycles. The molecule has 0 saturated heterocycles. The highest BCUT2D eigenvalue weighted by Gasteiger charge is 2.33. The van der Waals surface area contributed by atoms with Crippen molar-refractivity contribution in [2.24, 2.45) is 0 Å². The average Bonchev–Trinajstić information content (AvgIpc) is 2.71. The number of ether oxygens (including phenoxy) is 2. The highest BCUT2D eigenvalue weighted by Crippen LogP contribution is 2.35. The van der Waals surface area contributed by atoms with E-state index in [0.29, 0.717) is 0 Å². The molecule has 9 heteroatoms. The highest BCUT2D eigenvalue weighted by molar-refractivity contribution is 6.08. The third-order valence-corrected chi connectivity index (χ3v) is 4.41. The Morgan fingerprint density at radius 1 is 1.20 bits per heavy atom. The number of aromatic carboxylic acids is 1. The van der Waals surface area contributed by atoms with E-state index in [-0.39, 0.29) is 41.4 Å². The number of carbonyl (C=O) groups excluding carboxylic acids is 3. The second kappa shape index (κ2) is 8.64. The van der Waals surface area contributed by atoms with Crippen LogP contribution in [0.3, 0.4) is 0 Å². The van der Waals surface area contributed by atoms with Gasteiger partial charge in [0.15, 0.2) is 6.10 Å². The number of nitrogens with one attached hydrogen (secondary N) is 1. The first-order valence-electron chi connectivity index (χ1n) is 9.23. The standard InChI is InChI=1S/C21H20N2O7/c1-3-29-21(28)14-6-4-5-7-15(14)22-18(24)11-23-16-9-8-13(20(26)27)10-17(16)30-12(2)19(23)25/h4-10,12H,3,11H2,1-2H3,(H,22,24)(H,26,27). The van der Waals surface area contributed by atoms with Gasteiger partial charge in [-0.1, -0.05) is 12.1 Å². The Balaban J connectivity index is 1.83. The Kier molecular flexibility index (Phi) is 6.01. The van der Waals surface area contributed by atoms with E-state index in [9.17, 15) is 19.2 Å². The third-order valence-electron chi connectivity index (χ3n) is 4.41. The van der Waals surface area contributed by atoms with Gasteiger partial charge in [0.25, 0.3) is 5.91 Å².